The van der Waals surface area contributed by atoms with Crippen molar-refractivity contribution in [3.05, 3.63) is 28.5 Å². The van der Waals surface area contributed by atoms with Crippen LogP contribution in [0.1, 0.15) is 13.8 Å². The highest BCUT2D eigenvalue weighted by Crippen LogP contribution is 2.24. The van der Waals surface area contributed by atoms with Gasteiger partial charge in [-0.3, -0.25) is 4.79 Å². The molecule has 1 N–H and O–H groups in total. The Morgan fingerprint density at radius 3 is 2.75 bits per heavy atom. The highest BCUT2D eigenvalue weighted by Gasteiger charge is 2.28. The fourth-order valence-electron chi connectivity index (χ4n) is 0.908. The minimum absolute atomic E-state index is 0.0451. The van der Waals surface area contributed by atoms with Crippen LogP contribution >= 0.6 is 15.9 Å². The zero-order chi connectivity index (χ0) is 12.3. The quantitative estimate of drug-likeness (QED) is 0.927. The molecule has 3 nitrogen and oxygen atoms in total. The van der Waals surface area contributed by atoms with Crippen LogP contribution in [0.15, 0.2) is 22.7 Å². The zero-order valence-corrected chi connectivity index (χ0v) is 10.5. The average molecular weight is 291 g/mol. The molecule has 0 aliphatic heterocycles. The average Bonchev–Trinajstić information content (AvgIpc) is 2.19. The number of benzene rings is 1. The van der Waals surface area contributed by atoms with E-state index in [0.717, 1.165) is 0 Å². The van der Waals surface area contributed by atoms with Crippen LogP contribution in [0, 0.1) is 11.2 Å². The first kappa shape index (κ1) is 13.0. The Hall–Kier alpha value is -1.10. The van der Waals surface area contributed by atoms with Crippen LogP contribution in [0.3, 0.4) is 0 Å². The summed E-state index contributed by atoms with van der Waals surface area (Å²) in [5.74, 6) is -1.45. The lowest BCUT2D eigenvalue weighted by Gasteiger charge is -2.19. The minimum atomic E-state index is -1.05. The number of hydrogen-bond donors (Lipinski definition) is 1. The molecular formula is C11H12BrFO3. The van der Waals surface area contributed by atoms with E-state index in [9.17, 15) is 9.18 Å². The monoisotopic (exact) mass is 290 g/mol. The third-order valence-corrected chi connectivity index (χ3v) is 2.55. The van der Waals surface area contributed by atoms with Gasteiger partial charge in [-0.2, -0.15) is 0 Å². The van der Waals surface area contributed by atoms with Gasteiger partial charge < -0.3 is 9.84 Å². The van der Waals surface area contributed by atoms with Crippen LogP contribution in [0.5, 0.6) is 5.75 Å². The number of rotatable bonds is 4. The van der Waals surface area contributed by atoms with Crippen LogP contribution in [-0.2, 0) is 4.79 Å². The molecule has 0 atom stereocenters. The zero-order valence-electron chi connectivity index (χ0n) is 8.96. The highest BCUT2D eigenvalue weighted by atomic mass is 79.9. The molecule has 0 aliphatic carbocycles. The van der Waals surface area contributed by atoms with Crippen molar-refractivity contribution in [2.45, 2.75) is 13.8 Å². The van der Waals surface area contributed by atoms with Gasteiger partial charge in [-0.05, 0) is 32.0 Å². The molecule has 0 saturated heterocycles. The van der Waals surface area contributed by atoms with Crippen LogP contribution < -0.4 is 4.74 Å². The molecule has 0 radical (unpaired) electrons. The Morgan fingerprint density at radius 2 is 2.19 bits per heavy atom. The van der Waals surface area contributed by atoms with Gasteiger partial charge in [-0.15, -0.1) is 0 Å². The number of ether oxygens (including phenoxy) is 1. The normalized spacial score (nSPS) is 11.2. The molecule has 0 amide bonds. The second kappa shape index (κ2) is 4.82. The summed E-state index contributed by atoms with van der Waals surface area (Å²) in [5, 5.41) is 8.86. The van der Waals surface area contributed by atoms with Crippen LogP contribution in [-0.4, -0.2) is 17.7 Å². The minimum Gasteiger partial charge on any atom is -0.489 e. The number of aliphatic carboxylic acids is 1. The van der Waals surface area contributed by atoms with E-state index in [4.69, 9.17) is 9.84 Å². The molecule has 16 heavy (non-hydrogen) atoms. The topological polar surface area (TPSA) is 46.5 Å². The number of hydrogen-bond acceptors (Lipinski definition) is 2. The van der Waals surface area contributed by atoms with Gasteiger partial charge in [0.05, 0.1) is 5.41 Å². The molecule has 0 fully saturated rings. The summed E-state index contributed by atoms with van der Waals surface area (Å²) < 4.78 is 19.1. The maximum absolute atomic E-state index is 13.3. The van der Waals surface area contributed by atoms with Gasteiger partial charge in [0.2, 0.25) is 0 Å². The van der Waals surface area contributed by atoms with Crippen molar-refractivity contribution in [1.29, 1.82) is 0 Å². The van der Waals surface area contributed by atoms with Crippen LogP contribution in [0.2, 0.25) is 0 Å². The number of halogens is 2. The van der Waals surface area contributed by atoms with Crippen LogP contribution in [0.4, 0.5) is 4.39 Å². The third-order valence-electron chi connectivity index (χ3n) is 2.06. The van der Waals surface area contributed by atoms with Gasteiger partial charge >= 0.3 is 5.97 Å². The number of carboxylic acid groups (broad SMARTS) is 1. The Balaban J connectivity index is 2.75. The van der Waals surface area contributed by atoms with Crippen molar-refractivity contribution in [3.8, 4) is 5.75 Å². The van der Waals surface area contributed by atoms with E-state index in [-0.39, 0.29) is 12.4 Å². The van der Waals surface area contributed by atoms with Gasteiger partial charge in [0.15, 0.2) is 11.6 Å². The molecule has 0 spiro atoms. The Bertz CT molecular complexity index is 404. The SMILES string of the molecule is CC(C)(COc1cc(Br)ccc1F)C(=O)O. The number of carboxylic acids is 1. The van der Waals surface area contributed by atoms with Gasteiger partial charge in [-0.25, -0.2) is 4.39 Å². The van der Waals surface area contributed by atoms with Crippen molar-refractivity contribution in [1.82, 2.24) is 0 Å². The van der Waals surface area contributed by atoms with Gasteiger partial charge in [0.1, 0.15) is 6.61 Å². The van der Waals surface area contributed by atoms with E-state index in [1.165, 1.54) is 26.0 Å². The van der Waals surface area contributed by atoms with Gasteiger partial charge in [0.25, 0.3) is 0 Å². The summed E-state index contributed by atoms with van der Waals surface area (Å²) >= 11 is 3.18. The third kappa shape index (κ3) is 3.20. The van der Waals surface area contributed by atoms with E-state index in [0.29, 0.717) is 4.47 Å². The van der Waals surface area contributed by atoms with E-state index < -0.39 is 17.2 Å². The lowest BCUT2D eigenvalue weighted by Crippen LogP contribution is -2.30. The lowest BCUT2D eigenvalue weighted by atomic mass is 9.95. The standard InChI is InChI=1S/C11H12BrFO3/c1-11(2,10(14)15)6-16-9-5-7(12)3-4-8(9)13/h3-5H,6H2,1-2H3,(H,14,15). The first-order valence-electron chi connectivity index (χ1n) is 4.64. The Kier molecular flexibility index (Phi) is 3.91. The molecule has 0 unspecified atom stereocenters. The summed E-state index contributed by atoms with van der Waals surface area (Å²) in [7, 11) is 0. The molecule has 0 heterocycles. The lowest BCUT2D eigenvalue weighted by molar-refractivity contribution is -0.148. The second-order valence-electron chi connectivity index (χ2n) is 4.05. The Morgan fingerprint density at radius 1 is 1.56 bits per heavy atom. The van der Waals surface area contributed by atoms with Gasteiger partial charge in [0, 0.05) is 4.47 Å². The van der Waals surface area contributed by atoms with Gasteiger partial charge in [-0.1, -0.05) is 15.9 Å². The predicted molar refractivity (Wildman–Crippen MR) is 61.0 cm³/mol. The van der Waals surface area contributed by atoms with E-state index in [1.54, 1.807) is 6.07 Å². The summed E-state index contributed by atoms with van der Waals surface area (Å²) in [6.07, 6.45) is 0. The molecule has 0 bridgehead atoms. The van der Waals surface area contributed by atoms with Crippen molar-refractivity contribution < 1.29 is 19.0 Å². The molecule has 0 aliphatic rings. The van der Waals surface area contributed by atoms with E-state index in [2.05, 4.69) is 15.9 Å². The second-order valence-corrected chi connectivity index (χ2v) is 4.97. The summed E-state index contributed by atoms with van der Waals surface area (Å²) in [5.41, 5.74) is -1.05. The summed E-state index contributed by atoms with van der Waals surface area (Å²) in [6.45, 7) is 2.95. The summed E-state index contributed by atoms with van der Waals surface area (Å²) in [6, 6.07) is 4.27. The molecule has 88 valence electrons. The van der Waals surface area contributed by atoms with E-state index in [1.807, 2.05) is 0 Å². The van der Waals surface area contributed by atoms with Crippen molar-refractivity contribution in [3.63, 3.8) is 0 Å². The van der Waals surface area contributed by atoms with Crippen LogP contribution in [0.25, 0.3) is 0 Å². The highest BCUT2D eigenvalue weighted by molar-refractivity contribution is 9.10. The Labute approximate surface area is 101 Å². The molecule has 1 aromatic carbocycles. The van der Waals surface area contributed by atoms with E-state index >= 15 is 0 Å². The van der Waals surface area contributed by atoms with Crippen molar-refractivity contribution in [2.24, 2.45) is 5.41 Å². The predicted octanol–water partition coefficient (Wildman–Crippen LogP) is 3.08. The smallest absolute Gasteiger partial charge is 0.312 e. The summed E-state index contributed by atoms with van der Waals surface area (Å²) in [4.78, 5) is 10.8. The first-order valence-corrected chi connectivity index (χ1v) is 5.43. The molecule has 0 aromatic heterocycles. The fraction of sp³-hybridized carbons (Fsp3) is 0.364. The van der Waals surface area contributed by atoms with Crippen molar-refractivity contribution >= 4 is 21.9 Å². The largest absolute Gasteiger partial charge is 0.489 e. The first-order chi connectivity index (χ1) is 7.33. The maximum atomic E-state index is 13.3. The fourth-order valence-corrected chi connectivity index (χ4v) is 1.25. The van der Waals surface area contributed by atoms with Crippen molar-refractivity contribution in [2.75, 3.05) is 6.61 Å². The number of carbonyl (C=O) groups is 1. The molecule has 1 rings (SSSR count). The molecule has 5 heteroatoms. The molecule has 1 aromatic rings. The molecular weight excluding hydrogens is 279 g/mol. The maximum Gasteiger partial charge on any atom is 0.312 e. The molecule has 0 saturated carbocycles.